The lowest BCUT2D eigenvalue weighted by molar-refractivity contribution is 0.0990. The van der Waals surface area contributed by atoms with Crippen LogP contribution in [0.4, 0.5) is 11.5 Å². The van der Waals surface area contributed by atoms with E-state index in [9.17, 15) is 9.59 Å². The number of nitrogens with two attached hydrogens (primary N) is 1. The first-order valence-corrected chi connectivity index (χ1v) is 9.22. The molecule has 0 saturated heterocycles. The number of carbonyl (C=O) groups excluding carboxylic acids is 1. The van der Waals surface area contributed by atoms with Crippen LogP contribution in [0.1, 0.15) is 10.4 Å². The number of carbonyl (C=O) groups is 1. The topological polar surface area (TPSA) is 121 Å². The Labute approximate surface area is 170 Å². The summed E-state index contributed by atoms with van der Waals surface area (Å²) >= 11 is 0. The summed E-state index contributed by atoms with van der Waals surface area (Å²) in [6.45, 7) is 0.593. The molecule has 5 heterocycles. The number of anilines is 2. The van der Waals surface area contributed by atoms with Gasteiger partial charge in [0.15, 0.2) is 0 Å². The zero-order valence-corrected chi connectivity index (χ0v) is 16.0. The third-order valence-corrected chi connectivity index (χ3v) is 5.03. The summed E-state index contributed by atoms with van der Waals surface area (Å²) in [5, 5.41) is 0.844. The lowest BCUT2D eigenvalue weighted by Gasteiger charge is -2.20. The van der Waals surface area contributed by atoms with Crippen LogP contribution in [0, 0.1) is 0 Å². The van der Waals surface area contributed by atoms with Gasteiger partial charge < -0.3 is 19.9 Å². The van der Waals surface area contributed by atoms with Crippen LogP contribution in [0.3, 0.4) is 0 Å². The lowest BCUT2D eigenvalue weighted by Crippen LogP contribution is -2.32. The highest BCUT2D eigenvalue weighted by Crippen LogP contribution is 2.29. The number of ether oxygens (including phenoxy) is 1. The van der Waals surface area contributed by atoms with Gasteiger partial charge in [-0.1, -0.05) is 0 Å². The van der Waals surface area contributed by atoms with Gasteiger partial charge in [0.2, 0.25) is 11.4 Å². The Morgan fingerprint density at radius 3 is 2.80 bits per heavy atom. The maximum Gasteiger partial charge on any atom is 0.267 e. The summed E-state index contributed by atoms with van der Waals surface area (Å²) in [6.07, 6.45) is 6.51. The van der Waals surface area contributed by atoms with Gasteiger partial charge in [0.1, 0.15) is 30.0 Å². The largest absolute Gasteiger partial charge is 0.475 e. The summed E-state index contributed by atoms with van der Waals surface area (Å²) in [5.41, 5.74) is 8.10. The van der Waals surface area contributed by atoms with Crippen LogP contribution in [0.2, 0.25) is 0 Å². The van der Waals surface area contributed by atoms with Crippen LogP contribution in [0.15, 0.2) is 54.0 Å². The van der Waals surface area contributed by atoms with E-state index in [1.54, 1.807) is 30.4 Å². The Kier molecular flexibility index (Phi) is 3.98. The van der Waals surface area contributed by atoms with E-state index in [0.717, 1.165) is 11.1 Å². The molecular weight excluding hydrogens is 386 g/mol. The average Bonchev–Trinajstić information content (AvgIpc) is 3.08. The number of hydrogen-bond donors (Lipinski definition) is 1. The number of fused-ring (bicyclic) bond motifs is 2. The first kappa shape index (κ1) is 17.9. The summed E-state index contributed by atoms with van der Waals surface area (Å²) in [4.78, 5) is 38.8. The average molecular weight is 403 g/mol. The third-order valence-electron chi connectivity index (χ3n) is 5.03. The number of aromatic nitrogens is 5. The molecule has 0 bridgehead atoms. The number of hydrogen-bond acceptors (Lipinski definition) is 7. The van der Waals surface area contributed by atoms with E-state index in [0.29, 0.717) is 17.9 Å². The minimum absolute atomic E-state index is 0.0757. The van der Waals surface area contributed by atoms with E-state index >= 15 is 0 Å². The number of pyridine rings is 2. The van der Waals surface area contributed by atoms with Crippen LogP contribution in [0.5, 0.6) is 5.88 Å². The summed E-state index contributed by atoms with van der Waals surface area (Å²) in [5.74, 6) is -0.0732. The van der Waals surface area contributed by atoms with Crippen LogP contribution in [-0.4, -0.2) is 43.1 Å². The standard InChI is InChI=1S/C20H17N7O3/c1-25-10-13(2-3-15(25)28)26-5-4-12-8-14(9-22-18(12)26)27-6-7-30-19-16(20(27)29)17(21)23-11-24-19/h2-5,8-11H,6-7H2,1H3,(H2,21,23,24). The van der Waals surface area contributed by atoms with Crippen molar-refractivity contribution in [2.75, 3.05) is 23.8 Å². The highest BCUT2D eigenvalue weighted by Gasteiger charge is 2.29. The van der Waals surface area contributed by atoms with Gasteiger partial charge in [-0.25, -0.2) is 15.0 Å². The second kappa shape index (κ2) is 6.69. The number of nitrogen functional groups attached to an aromatic ring is 1. The highest BCUT2D eigenvalue weighted by atomic mass is 16.5. The Balaban J connectivity index is 1.56. The molecule has 0 fully saturated rings. The number of amides is 1. The molecule has 1 aliphatic rings. The predicted octanol–water partition coefficient (Wildman–Crippen LogP) is 1.14. The zero-order chi connectivity index (χ0) is 20.8. The monoisotopic (exact) mass is 403 g/mol. The van der Waals surface area contributed by atoms with Crippen molar-refractivity contribution < 1.29 is 9.53 Å². The van der Waals surface area contributed by atoms with Crippen molar-refractivity contribution in [2.24, 2.45) is 7.05 Å². The van der Waals surface area contributed by atoms with Gasteiger partial charge in [0, 0.05) is 30.9 Å². The SMILES string of the molecule is Cn1cc(-n2ccc3cc(N4CCOc5ncnc(N)c5C4=O)cnc32)ccc1=O. The second-order valence-electron chi connectivity index (χ2n) is 6.87. The Bertz CT molecular complexity index is 1360. The van der Waals surface area contributed by atoms with Crippen molar-refractivity contribution in [1.29, 1.82) is 0 Å². The predicted molar refractivity (Wildman–Crippen MR) is 110 cm³/mol. The first-order valence-electron chi connectivity index (χ1n) is 9.22. The molecule has 0 radical (unpaired) electrons. The summed E-state index contributed by atoms with van der Waals surface area (Å²) in [6, 6.07) is 7.03. The first-order chi connectivity index (χ1) is 14.5. The smallest absolute Gasteiger partial charge is 0.267 e. The van der Waals surface area contributed by atoms with E-state index in [1.807, 2.05) is 22.9 Å². The minimum Gasteiger partial charge on any atom is -0.475 e. The number of aryl methyl sites for hydroxylation is 1. The maximum absolute atomic E-state index is 13.1. The minimum atomic E-state index is -0.334. The molecule has 0 spiro atoms. The van der Waals surface area contributed by atoms with Crippen molar-refractivity contribution in [1.82, 2.24) is 24.1 Å². The summed E-state index contributed by atoms with van der Waals surface area (Å²) < 4.78 is 8.97. The van der Waals surface area contributed by atoms with Crippen molar-refractivity contribution in [2.45, 2.75) is 0 Å². The molecule has 10 heteroatoms. The van der Waals surface area contributed by atoms with Crippen molar-refractivity contribution in [3.63, 3.8) is 0 Å². The Morgan fingerprint density at radius 2 is 1.97 bits per heavy atom. The molecule has 4 aromatic heterocycles. The molecule has 4 aromatic rings. The molecule has 30 heavy (non-hydrogen) atoms. The molecule has 0 unspecified atom stereocenters. The third kappa shape index (κ3) is 2.77. The van der Waals surface area contributed by atoms with Crippen molar-refractivity contribution in [3.05, 3.63) is 65.1 Å². The Morgan fingerprint density at radius 1 is 1.10 bits per heavy atom. The van der Waals surface area contributed by atoms with Gasteiger partial charge in [0.05, 0.1) is 24.1 Å². The van der Waals surface area contributed by atoms with E-state index in [1.165, 1.54) is 17.0 Å². The molecule has 10 nitrogen and oxygen atoms in total. The fraction of sp³-hybridized carbons (Fsp3) is 0.150. The van der Waals surface area contributed by atoms with E-state index in [4.69, 9.17) is 10.5 Å². The molecule has 1 aliphatic heterocycles. The Hall–Kier alpha value is -4.21. The fourth-order valence-electron chi connectivity index (χ4n) is 3.50. The van der Waals surface area contributed by atoms with Gasteiger partial charge in [-0.15, -0.1) is 0 Å². The zero-order valence-electron chi connectivity index (χ0n) is 16.0. The van der Waals surface area contributed by atoms with E-state index in [2.05, 4.69) is 15.0 Å². The molecule has 1 amide bonds. The molecule has 2 N–H and O–H groups in total. The molecular formula is C20H17N7O3. The van der Waals surface area contributed by atoms with Gasteiger partial charge >= 0.3 is 0 Å². The van der Waals surface area contributed by atoms with Crippen LogP contribution >= 0.6 is 0 Å². The van der Waals surface area contributed by atoms with Gasteiger partial charge in [-0.05, 0) is 18.2 Å². The van der Waals surface area contributed by atoms with Crippen molar-refractivity contribution in [3.8, 4) is 11.6 Å². The highest BCUT2D eigenvalue weighted by molar-refractivity contribution is 6.11. The number of nitrogens with zero attached hydrogens (tertiary/aromatic N) is 6. The lowest BCUT2D eigenvalue weighted by atomic mass is 10.2. The van der Waals surface area contributed by atoms with Crippen LogP contribution < -0.4 is 20.9 Å². The second-order valence-corrected chi connectivity index (χ2v) is 6.87. The normalized spacial score (nSPS) is 13.8. The van der Waals surface area contributed by atoms with Gasteiger partial charge in [-0.3, -0.25) is 14.2 Å². The van der Waals surface area contributed by atoms with E-state index < -0.39 is 0 Å². The molecule has 0 atom stereocenters. The quantitative estimate of drug-likeness (QED) is 0.533. The number of rotatable bonds is 2. The molecule has 0 aliphatic carbocycles. The van der Waals surface area contributed by atoms with Crippen molar-refractivity contribution >= 4 is 28.4 Å². The maximum atomic E-state index is 13.1. The molecule has 150 valence electrons. The molecule has 0 aromatic carbocycles. The fourth-order valence-corrected chi connectivity index (χ4v) is 3.50. The molecule has 0 saturated carbocycles. The summed E-state index contributed by atoms with van der Waals surface area (Å²) in [7, 11) is 1.70. The van der Waals surface area contributed by atoms with Gasteiger partial charge in [0.25, 0.3) is 5.91 Å². The van der Waals surface area contributed by atoms with E-state index in [-0.39, 0.29) is 35.3 Å². The molecule has 5 rings (SSSR count). The van der Waals surface area contributed by atoms with Gasteiger partial charge in [-0.2, -0.15) is 0 Å². The van der Waals surface area contributed by atoms with Crippen LogP contribution in [-0.2, 0) is 7.05 Å². The van der Waals surface area contributed by atoms with Crippen LogP contribution in [0.25, 0.3) is 16.7 Å².